The van der Waals surface area contributed by atoms with E-state index in [-0.39, 0.29) is 0 Å². The normalized spacial score (nSPS) is 27.4. The van der Waals surface area contributed by atoms with Gasteiger partial charge < -0.3 is 5.32 Å². The quantitative estimate of drug-likeness (QED) is 0.825. The van der Waals surface area contributed by atoms with Gasteiger partial charge in [0.05, 0.1) is 0 Å². The topological polar surface area (TPSA) is 12.0 Å². The van der Waals surface area contributed by atoms with E-state index in [0.717, 1.165) is 5.92 Å². The first-order chi connectivity index (χ1) is 8.96. The van der Waals surface area contributed by atoms with Crippen molar-refractivity contribution in [2.45, 2.75) is 65.5 Å². The van der Waals surface area contributed by atoms with Gasteiger partial charge in [0.1, 0.15) is 0 Å². The minimum absolute atomic E-state index is 0.524. The third-order valence-electron chi connectivity index (χ3n) is 4.54. The molecule has 2 rings (SSSR count). The highest BCUT2D eigenvalue weighted by atomic mass is 15.0. The summed E-state index contributed by atoms with van der Waals surface area (Å²) in [7, 11) is 0. The maximum atomic E-state index is 3.85. The van der Waals surface area contributed by atoms with E-state index in [1.54, 1.807) is 0 Å². The highest BCUT2D eigenvalue weighted by molar-refractivity contribution is 5.14. The highest BCUT2D eigenvalue weighted by Crippen LogP contribution is 2.41. The Morgan fingerprint density at radius 1 is 1.21 bits per heavy atom. The fourth-order valence-electron chi connectivity index (χ4n) is 3.59. The van der Waals surface area contributed by atoms with Gasteiger partial charge in [0.25, 0.3) is 0 Å². The van der Waals surface area contributed by atoms with Gasteiger partial charge in [-0.05, 0) is 49.5 Å². The van der Waals surface area contributed by atoms with E-state index in [0.29, 0.717) is 17.5 Å². The van der Waals surface area contributed by atoms with E-state index in [1.807, 2.05) is 0 Å². The molecule has 0 bridgehead atoms. The smallest absolute Gasteiger partial charge is 0.0100 e. The second-order valence-electron chi connectivity index (χ2n) is 7.25. The summed E-state index contributed by atoms with van der Waals surface area (Å²) in [4.78, 5) is 0. The van der Waals surface area contributed by atoms with Gasteiger partial charge in [-0.1, -0.05) is 51.1 Å². The molecule has 106 valence electrons. The lowest BCUT2D eigenvalue weighted by atomic mass is 9.91. The lowest BCUT2D eigenvalue weighted by Crippen LogP contribution is -2.38. The first-order valence-corrected chi connectivity index (χ1v) is 7.76. The molecule has 1 heteroatoms. The predicted octanol–water partition coefficient (Wildman–Crippen LogP) is 4.42. The van der Waals surface area contributed by atoms with Crippen molar-refractivity contribution in [1.29, 1.82) is 0 Å². The van der Waals surface area contributed by atoms with E-state index >= 15 is 0 Å². The van der Waals surface area contributed by atoms with Crippen molar-refractivity contribution in [3.05, 3.63) is 35.9 Å². The van der Waals surface area contributed by atoms with E-state index in [2.05, 4.69) is 63.3 Å². The molecule has 19 heavy (non-hydrogen) atoms. The molecule has 0 saturated heterocycles. The summed E-state index contributed by atoms with van der Waals surface area (Å²) >= 11 is 0. The van der Waals surface area contributed by atoms with E-state index in [4.69, 9.17) is 0 Å². The Labute approximate surface area is 118 Å². The number of nitrogens with one attached hydrogen (secondary N) is 1. The Hall–Kier alpha value is -0.820. The molecule has 1 N–H and O–H groups in total. The van der Waals surface area contributed by atoms with E-state index < -0.39 is 0 Å². The average molecular weight is 259 g/mol. The largest absolute Gasteiger partial charge is 0.311 e. The highest BCUT2D eigenvalue weighted by Gasteiger charge is 2.36. The lowest BCUT2D eigenvalue weighted by molar-refractivity contribution is 0.351. The van der Waals surface area contributed by atoms with Crippen LogP contribution in [0.3, 0.4) is 0 Å². The monoisotopic (exact) mass is 259 g/mol. The molecular weight excluding hydrogens is 230 g/mol. The van der Waals surface area contributed by atoms with Crippen LogP contribution in [0.15, 0.2) is 30.3 Å². The Morgan fingerprint density at radius 3 is 2.47 bits per heavy atom. The van der Waals surface area contributed by atoms with Crippen LogP contribution in [0.1, 0.15) is 52.5 Å². The van der Waals surface area contributed by atoms with Crippen LogP contribution in [0.2, 0.25) is 0 Å². The van der Waals surface area contributed by atoms with Crippen LogP contribution < -0.4 is 5.32 Å². The van der Waals surface area contributed by atoms with Gasteiger partial charge in [-0.3, -0.25) is 0 Å². The van der Waals surface area contributed by atoms with Gasteiger partial charge in [0.2, 0.25) is 0 Å². The van der Waals surface area contributed by atoms with Gasteiger partial charge in [0, 0.05) is 12.1 Å². The number of rotatable bonds is 5. The summed E-state index contributed by atoms with van der Waals surface area (Å²) in [5.41, 5.74) is 1.98. The van der Waals surface area contributed by atoms with Crippen molar-refractivity contribution in [2.24, 2.45) is 11.3 Å². The maximum Gasteiger partial charge on any atom is 0.0100 e. The van der Waals surface area contributed by atoms with Crippen LogP contribution in [-0.2, 0) is 6.42 Å². The van der Waals surface area contributed by atoms with Crippen LogP contribution in [0, 0.1) is 11.3 Å². The molecule has 1 aliphatic rings. The standard InChI is InChI=1S/C18H29N/c1-14-12-18(3,4)13-17(14)19-15(2)10-11-16-8-6-5-7-9-16/h5-9,14-15,17,19H,10-13H2,1-4H3. The van der Waals surface area contributed by atoms with Crippen LogP contribution in [0.5, 0.6) is 0 Å². The van der Waals surface area contributed by atoms with E-state index in [1.165, 1.54) is 31.2 Å². The van der Waals surface area contributed by atoms with Crippen LogP contribution in [-0.4, -0.2) is 12.1 Å². The molecule has 1 aromatic carbocycles. The fraction of sp³-hybridized carbons (Fsp3) is 0.667. The lowest BCUT2D eigenvalue weighted by Gasteiger charge is -2.23. The third-order valence-corrected chi connectivity index (χ3v) is 4.54. The zero-order valence-corrected chi connectivity index (χ0v) is 12.9. The summed E-state index contributed by atoms with van der Waals surface area (Å²) in [6.07, 6.45) is 5.09. The molecular formula is C18H29N. The number of aryl methyl sites for hydroxylation is 1. The summed E-state index contributed by atoms with van der Waals surface area (Å²) < 4.78 is 0. The van der Waals surface area contributed by atoms with Crippen molar-refractivity contribution in [1.82, 2.24) is 5.32 Å². The molecule has 0 aliphatic heterocycles. The molecule has 0 amide bonds. The van der Waals surface area contributed by atoms with E-state index in [9.17, 15) is 0 Å². The Bertz CT molecular complexity index is 382. The molecule has 0 spiro atoms. The molecule has 1 saturated carbocycles. The number of hydrogen-bond donors (Lipinski definition) is 1. The van der Waals surface area contributed by atoms with Crippen molar-refractivity contribution in [3.63, 3.8) is 0 Å². The molecule has 1 fully saturated rings. The van der Waals surface area contributed by atoms with Crippen molar-refractivity contribution in [3.8, 4) is 0 Å². The first-order valence-electron chi connectivity index (χ1n) is 7.76. The van der Waals surface area contributed by atoms with Gasteiger partial charge >= 0.3 is 0 Å². The summed E-state index contributed by atoms with van der Waals surface area (Å²) in [6.45, 7) is 9.54. The zero-order chi connectivity index (χ0) is 13.9. The van der Waals surface area contributed by atoms with Crippen molar-refractivity contribution >= 4 is 0 Å². The molecule has 3 unspecified atom stereocenters. The van der Waals surface area contributed by atoms with Crippen molar-refractivity contribution in [2.75, 3.05) is 0 Å². The predicted molar refractivity (Wildman–Crippen MR) is 83.3 cm³/mol. The number of hydrogen-bond acceptors (Lipinski definition) is 1. The molecule has 1 nitrogen and oxygen atoms in total. The SMILES string of the molecule is CC(CCc1ccccc1)NC1CC(C)(C)CC1C. The van der Waals surface area contributed by atoms with Crippen LogP contribution in [0.4, 0.5) is 0 Å². The fourth-order valence-corrected chi connectivity index (χ4v) is 3.59. The second kappa shape index (κ2) is 6.09. The van der Waals surface area contributed by atoms with Gasteiger partial charge in [-0.25, -0.2) is 0 Å². The molecule has 1 aliphatic carbocycles. The van der Waals surface area contributed by atoms with Crippen molar-refractivity contribution < 1.29 is 0 Å². The average Bonchev–Trinajstić information content (AvgIpc) is 2.61. The molecule has 0 aromatic heterocycles. The first kappa shape index (κ1) is 14.6. The second-order valence-corrected chi connectivity index (χ2v) is 7.25. The van der Waals surface area contributed by atoms with Crippen LogP contribution in [0.25, 0.3) is 0 Å². The van der Waals surface area contributed by atoms with Gasteiger partial charge in [0.15, 0.2) is 0 Å². The maximum absolute atomic E-state index is 3.85. The zero-order valence-electron chi connectivity index (χ0n) is 12.9. The molecule has 3 atom stereocenters. The minimum atomic E-state index is 0.524. The minimum Gasteiger partial charge on any atom is -0.311 e. The molecule has 0 radical (unpaired) electrons. The molecule has 1 aromatic rings. The van der Waals surface area contributed by atoms with Crippen LogP contribution >= 0.6 is 0 Å². The third kappa shape index (κ3) is 4.35. The summed E-state index contributed by atoms with van der Waals surface area (Å²) in [6, 6.07) is 12.1. The Morgan fingerprint density at radius 2 is 1.89 bits per heavy atom. The van der Waals surface area contributed by atoms with Gasteiger partial charge in [-0.15, -0.1) is 0 Å². The van der Waals surface area contributed by atoms with Gasteiger partial charge in [-0.2, -0.15) is 0 Å². The Kier molecular flexibility index (Phi) is 4.67. The summed E-state index contributed by atoms with van der Waals surface area (Å²) in [5.74, 6) is 0.814. The molecule has 0 heterocycles. The summed E-state index contributed by atoms with van der Waals surface area (Å²) in [5, 5.41) is 3.85. The number of benzene rings is 1. The Balaban J connectivity index is 1.77.